The standard InChI is InChI=1S/C28H34N8O2/c1-6-27(37)30-22-15-23(26(38-5)16-25(22)35-13-10-20(11-14-35)33(2)3)31-28-29-17-21-7-8-24(36(21)32-28)19-9-12-34(4)18-19/h6-9,12,15-18,20H,1,10-11,13-14H2,2-5H3,(H,30,37)(H,31,32). The summed E-state index contributed by atoms with van der Waals surface area (Å²) in [6, 6.07) is 10.4. The summed E-state index contributed by atoms with van der Waals surface area (Å²) in [5.74, 6) is 0.763. The van der Waals surface area contributed by atoms with Crippen molar-refractivity contribution in [2.45, 2.75) is 18.9 Å². The Morgan fingerprint density at radius 2 is 1.97 bits per heavy atom. The molecule has 0 unspecified atom stereocenters. The van der Waals surface area contributed by atoms with Gasteiger partial charge in [-0.1, -0.05) is 6.58 Å². The van der Waals surface area contributed by atoms with Crippen molar-refractivity contribution in [2.75, 3.05) is 49.8 Å². The summed E-state index contributed by atoms with van der Waals surface area (Å²) in [7, 11) is 7.86. The van der Waals surface area contributed by atoms with Crippen LogP contribution in [-0.2, 0) is 11.8 Å². The lowest BCUT2D eigenvalue weighted by Crippen LogP contribution is -2.42. The summed E-state index contributed by atoms with van der Waals surface area (Å²) in [6.07, 6.45) is 9.18. The number of carbonyl (C=O) groups excluding carboxylic acids is 1. The molecular formula is C28H34N8O2. The first-order chi connectivity index (χ1) is 18.4. The van der Waals surface area contributed by atoms with Crippen LogP contribution in [0.3, 0.4) is 0 Å². The van der Waals surface area contributed by atoms with Crippen molar-refractivity contribution >= 4 is 34.4 Å². The van der Waals surface area contributed by atoms with Gasteiger partial charge >= 0.3 is 0 Å². The third-order valence-electron chi connectivity index (χ3n) is 7.07. The summed E-state index contributed by atoms with van der Waals surface area (Å²) in [5.41, 5.74) is 5.14. The SMILES string of the molecule is C=CC(=O)Nc1cc(Nc2ncc3ccc(-c4ccn(C)c4)n3n2)c(OC)cc1N1CCC(N(C)C)CC1. The molecule has 0 spiro atoms. The number of fused-ring (bicyclic) bond motifs is 1. The zero-order valence-corrected chi connectivity index (χ0v) is 22.3. The Balaban J connectivity index is 1.49. The van der Waals surface area contributed by atoms with Crippen LogP contribution in [0.1, 0.15) is 12.8 Å². The molecule has 38 heavy (non-hydrogen) atoms. The predicted octanol–water partition coefficient (Wildman–Crippen LogP) is 4.14. The summed E-state index contributed by atoms with van der Waals surface area (Å²) in [4.78, 5) is 21.4. The number of methoxy groups -OCH3 is 1. The van der Waals surface area contributed by atoms with Gasteiger partial charge in [0.2, 0.25) is 11.9 Å². The minimum Gasteiger partial charge on any atom is -0.494 e. The maximum Gasteiger partial charge on any atom is 0.247 e. The van der Waals surface area contributed by atoms with Crippen LogP contribution in [0.4, 0.5) is 23.0 Å². The largest absolute Gasteiger partial charge is 0.494 e. The van der Waals surface area contributed by atoms with Crippen molar-refractivity contribution in [3.63, 3.8) is 0 Å². The van der Waals surface area contributed by atoms with Crippen LogP contribution in [0.15, 0.2) is 61.6 Å². The molecule has 198 valence electrons. The minimum absolute atomic E-state index is 0.275. The first-order valence-corrected chi connectivity index (χ1v) is 12.7. The van der Waals surface area contributed by atoms with Crippen molar-refractivity contribution in [3.05, 3.63) is 61.6 Å². The van der Waals surface area contributed by atoms with Gasteiger partial charge in [-0.2, -0.15) is 0 Å². The molecule has 3 aromatic heterocycles. The van der Waals surface area contributed by atoms with Gasteiger partial charge in [-0.05, 0) is 57.3 Å². The van der Waals surface area contributed by atoms with E-state index in [-0.39, 0.29) is 5.91 Å². The maximum absolute atomic E-state index is 12.3. The Labute approximate surface area is 222 Å². The zero-order valence-electron chi connectivity index (χ0n) is 22.3. The fourth-order valence-corrected chi connectivity index (χ4v) is 4.96. The second-order valence-corrected chi connectivity index (χ2v) is 9.77. The van der Waals surface area contributed by atoms with Gasteiger partial charge in [-0.3, -0.25) is 4.79 Å². The van der Waals surface area contributed by atoms with Gasteiger partial charge < -0.3 is 29.7 Å². The Kier molecular flexibility index (Phi) is 7.06. The summed E-state index contributed by atoms with van der Waals surface area (Å²) in [6.45, 7) is 5.38. The van der Waals surface area contributed by atoms with Gasteiger partial charge in [0.05, 0.1) is 41.6 Å². The third kappa shape index (κ3) is 5.08. The lowest BCUT2D eigenvalue weighted by Gasteiger charge is -2.37. The molecule has 0 radical (unpaired) electrons. The van der Waals surface area contributed by atoms with E-state index >= 15 is 0 Å². The molecule has 1 aliphatic rings. The molecule has 0 atom stereocenters. The van der Waals surface area contributed by atoms with Crippen LogP contribution in [0.25, 0.3) is 16.8 Å². The molecule has 0 aliphatic carbocycles. The number of piperidine rings is 1. The quantitative estimate of drug-likeness (QED) is 0.342. The Morgan fingerprint density at radius 3 is 2.63 bits per heavy atom. The molecule has 10 heteroatoms. The predicted molar refractivity (Wildman–Crippen MR) is 151 cm³/mol. The van der Waals surface area contributed by atoms with Crippen LogP contribution in [0.5, 0.6) is 5.75 Å². The fraction of sp³-hybridized carbons (Fsp3) is 0.321. The smallest absolute Gasteiger partial charge is 0.247 e. The van der Waals surface area contributed by atoms with Crippen molar-refractivity contribution in [2.24, 2.45) is 7.05 Å². The molecule has 2 N–H and O–H groups in total. The highest BCUT2D eigenvalue weighted by molar-refractivity contribution is 6.02. The number of hydrogen-bond donors (Lipinski definition) is 2. The van der Waals surface area contributed by atoms with E-state index in [0.717, 1.165) is 48.4 Å². The topological polar surface area (TPSA) is 92.0 Å². The second-order valence-electron chi connectivity index (χ2n) is 9.77. The molecular weight excluding hydrogens is 480 g/mol. The number of aromatic nitrogens is 4. The molecule has 0 saturated carbocycles. The highest BCUT2D eigenvalue weighted by Crippen LogP contribution is 2.39. The lowest BCUT2D eigenvalue weighted by atomic mass is 10.0. The van der Waals surface area contributed by atoms with Crippen LogP contribution in [0.2, 0.25) is 0 Å². The minimum atomic E-state index is -0.275. The first kappa shape index (κ1) is 25.3. The van der Waals surface area contributed by atoms with Gasteiger partial charge in [0.25, 0.3) is 0 Å². The molecule has 1 saturated heterocycles. The molecule has 1 fully saturated rings. The number of carbonyl (C=O) groups is 1. The van der Waals surface area contributed by atoms with Gasteiger partial charge in [0.1, 0.15) is 5.75 Å². The number of anilines is 4. The van der Waals surface area contributed by atoms with Crippen molar-refractivity contribution < 1.29 is 9.53 Å². The Hall–Kier alpha value is -4.31. The molecule has 5 rings (SSSR count). The number of ether oxygens (including phenoxy) is 1. The molecule has 10 nitrogen and oxygen atoms in total. The number of nitrogens with zero attached hydrogens (tertiary/aromatic N) is 6. The number of hydrogen-bond acceptors (Lipinski definition) is 7. The molecule has 1 amide bonds. The number of benzene rings is 1. The van der Waals surface area contributed by atoms with E-state index < -0.39 is 0 Å². The average molecular weight is 515 g/mol. The van der Waals surface area contributed by atoms with E-state index in [2.05, 4.69) is 58.4 Å². The number of aryl methyl sites for hydroxylation is 1. The van der Waals surface area contributed by atoms with Gasteiger partial charge in [-0.25, -0.2) is 9.50 Å². The van der Waals surface area contributed by atoms with E-state index in [4.69, 9.17) is 9.84 Å². The summed E-state index contributed by atoms with van der Waals surface area (Å²) in [5, 5.41) is 11.0. The van der Waals surface area contributed by atoms with Crippen molar-refractivity contribution in [3.8, 4) is 17.0 Å². The van der Waals surface area contributed by atoms with E-state index in [9.17, 15) is 4.79 Å². The number of nitrogens with one attached hydrogen (secondary N) is 2. The summed E-state index contributed by atoms with van der Waals surface area (Å²) >= 11 is 0. The first-order valence-electron chi connectivity index (χ1n) is 12.7. The third-order valence-corrected chi connectivity index (χ3v) is 7.07. The van der Waals surface area contributed by atoms with Crippen molar-refractivity contribution in [1.82, 2.24) is 24.1 Å². The highest BCUT2D eigenvalue weighted by atomic mass is 16.5. The lowest BCUT2D eigenvalue weighted by molar-refractivity contribution is -0.111. The van der Waals surface area contributed by atoms with E-state index in [1.807, 2.05) is 46.6 Å². The number of rotatable bonds is 8. The maximum atomic E-state index is 12.3. The van der Waals surface area contributed by atoms with E-state index in [1.54, 1.807) is 13.3 Å². The van der Waals surface area contributed by atoms with Crippen LogP contribution in [-0.4, -0.2) is 70.3 Å². The van der Waals surface area contributed by atoms with Gasteiger partial charge in [0.15, 0.2) is 0 Å². The second kappa shape index (κ2) is 10.6. The van der Waals surface area contributed by atoms with Gasteiger partial charge in [-0.15, -0.1) is 5.10 Å². The molecule has 0 bridgehead atoms. The Morgan fingerprint density at radius 1 is 1.18 bits per heavy atom. The highest BCUT2D eigenvalue weighted by Gasteiger charge is 2.24. The van der Waals surface area contributed by atoms with Crippen molar-refractivity contribution in [1.29, 1.82) is 0 Å². The monoisotopic (exact) mass is 514 g/mol. The van der Waals surface area contributed by atoms with Crippen LogP contribution >= 0.6 is 0 Å². The summed E-state index contributed by atoms with van der Waals surface area (Å²) < 4.78 is 9.63. The average Bonchev–Trinajstić information content (AvgIpc) is 3.54. The normalized spacial score (nSPS) is 14.2. The number of amides is 1. The van der Waals surface area contributed by atoms with E-state index in [1.165, 1.54) is 6.08 Å². The molecule has 1 aromatic carbocycles. The van der Waals surface area contributed by atoms with Crippen LogP contribution in [0, 0.1) is 0 Å². The Bertz CT molecular complexity index is 1460. The molecule has 4 heterocycles. The molecule has 4 aromatic rings. The molecule has 1 aliphatic heterocycles. The fourth-order valence-electron chi connectivity index (χ4n) is 4.96. The van der Waals surface area contributed by atoms with E-state index in [0.29, 0.717) is 29.1 Å². The van der Waals surface area contributed by atoms with Gasteiger partial charge in [0, 0.05) is 50.2 Å². The zero-order chi connectivity index (χ0) is 26.8. The van der Waals surface area contributed by atoms with Crippen LogP contribution < -0.4 is 20.3 Å².